The first-order valence-corrected chi connectivity index (χ1v) is 12.1. The van der Waals surface area contributed by atoms with Crippen molar-refractivity contribution in [2.75, 3.05) is 6.61 Å². The lowest BCUT2D eigenvalue weighted by atomic mass is 9.48. The fraction of sp³-hybridized carbons (Fsp3) is 0.393. The Bertz CT molecular complexity index is 1180. The van der Waals surface area contributed by atoms with E-state index in [-0.39, 0.29) is 5.41 Å². The number of phenolic OH excluding ortho intramolecular Hbond substituents is 1. The van der Waals surface area contributed by atoms with Crippen molar-refractivity contribution < 1.29 is 29.7 Å². The van der Waals surface area contributed by atoms with Gasteiger partial charge in [0.05, 0.1) is 6.21 Å². The number of benzene rings is 2. The van der Waals surface area contributed by atoms with Crippen LogP contribution in [0.25, 0.3) is 17.2 Å². The van der Waals surface area contributed by atoms with Crippen LogP contribution >= 0.6 is 0 Å². The van der Waals surface area contributed by atoms with Gasteiger partial charge in [-0.2, -0.15) is 0 Å². The maximum atomic E-state index is 10.9. The second kappa shape index (κ2) is 9.21. The molecule has 0 amide bonds. The summed E-state index contributed by atoms with van der Waals surface area (Å²) in [5.41, 5.74) is 4.13. The molecule has 4 aliphatic carbocycles. The van der Waals surface area contributed by atoms with Crippen molar-refractivity contribution in [3.63, 3.8) is 0 Å². The summed E-state index contributed by atoms with van der Waals surface area (Å²) in [6.45, 7) is -0.556. The zero-order chi connectivity index (χ0) is 24.6. The summed E-state index contributed by atoms with van der Waals surface area (Å²) in [5.74, 6) is 0.417. The molecule has 4 aliphatic rings. The number of oxime groups is 1. The summed E-state index contributed by atoms with van der Waals surface area (Å²) in [6.07, 6.45) is 11.3. The Morgan fingerprint density at radius 3 is 2.31 bits per heavy atom. The van der Waals surface area contributed by atoms with E-state index in [2.05, 4.69) is 11.2 Å². The predicted octanol–water partition coefficient (Wildman–Crippen LogP) is 5.06. The molecule has 6 rings (SSSR count). The standard InChI is InChI=1S/C28H29NO6/c30-25-5-3-21(11-24(25)28-12-18-7-19(13-28)9-20(8-18)14-28)23-4-1-17(2-6-26(31)32)10-22(23)15-29-35-16-27(33)34/h1-6,10-11,15,18-20,30H,7-9,12-14,16H2,(H,31,32)(H,33,34). The van der Waals surface area contributed by atoms with E-state index < -0.39 is 18.5 Å². The quantitative estimate of drug-likeness (QED) is 0.279. The molecule has 4 saturated carbocycles. The van der Waals surface area contributed by atoms with Crippen LogP contribution in [0.2, 0.25) is 0 Å². The summed E-state index contributed by atoms with van der Waals surface area (Å²) in [5, 5.41) is 32.5. The SMILES string of the molecule is O=C(O)C=Cc1ccc(-c2ccc(O)c(C34CC5CC(CC(C5)C3)C4)c2)c(C=NOCC(=O)O)c1. The molecule has 0 spiro atoms. The summed E-state index contributed by atoms with van der Waals surface area (Å²) in [6, 6.07) is 11.2. The Morgan fingerprint density at radius 2 is 1.69 bits per heavy atom. The van der Waals surface area contributed by atoms with Crippen molar-refractivity contribution >= 4 is 24.2 Å². The van der Waals surface area contributed by atoms with Crippen molar-refractivity contribution in [2.45, 2.75) is 43.9 Å². The molecule has 7 nitrogen and oxygen atoms in total. The minimum absolute atomic E-state index is 0.0257. The number of rotatable bonds is 8. The van der Waals surface area contributed by atoms with Crippen molar-refractivity contribution in [1.29, 1.82) is 0 Å². The van der Waals surface area contributed by atoms with Crippen LogP contribution in [0.15, 0.2) is 47.6 Å². The highest BCUT2D eigenvalue weighted by Crippen LogP contribution is 2.62. The molecule has 0 aromatic heterocycles. The highest BCUT2D eigenvalue weighted by molar-refractivity contribution is 5.92. The summed E-state index contributed by atoms with van der Waals surface area (Å²) in [4.78, 5) is 26.5. The molecule has 0 heterocycles. The Hall–Kier alpha value is -3.61. The zero-order valence-electron chi connectivity index (χ0n) is 19.4. The van der Waals surface area contributed by atoms with Crippen molar-refractivity contribution in [2.24, 2.45) is 22.9 Å². The number of aliphatic carboxylic acids is 2. The van der Waals surface area contributed by atoms with Crippen LogP contribution in [0, 0.1) is 17.8 Å². The Kier molecular flexibility index (Phi) is 6.09. The molecule has 0 radical (unpaired) electrons. The third kappa shape index (κ3) is 4.81. The lowest BCUT2D eigenvalue weighted by Gasteiger charge is -2.57. The molecule has 2 aromatic carbocycles. The molecule has 182 valence electrons. The molecule has 0 aliphatic heterocycles. The van der Waals surface area contributed by atoms with Crippen LogP contribution in [-0.2, 0) is 19.8 Å². The van der Waals surface area contributed by atoms with E-state index in [1.165, 1.54) is 31.6 Å². The number of carbonyl (C=O) groups is 2. The van der Waals surface area contributed by atoms with Crippen LogP contribution in [0.1, 0.15) is 55.2 Å². The smallest absolute Gasteiger partial charge is 0.344 e. The van der Waals surface area contributed by atoms with E-state index in [1.807, 2.05) is 18.2 Å². The lowest BCUT2D eigenvalue weighted by molar-refractivity contribution is -0.142. The van der Waals surface area contributed by atoms with Gasteiger partial charge in [0.1, 0.15) is 5.75 Å². The highest BCUT2D eigenvalue weighted by atomic mass is 16.6. The van der Waals surface area contributed by atoms with Gasteiger partial charge < -0.3 is 20.2 Å². The monoisotopic (exact) mass is 475 g/mol. The number of hydrogen-bond donors (Lipinski definition) is 3. The van der Waals surface area contributed by atoms with Crippen LogP contribution in [0.5, 0.6) is 5.75 Å². The first kappa shape index (κ1) is 23.1. The highest BCUT2D eigenvalue weighted by Gasteiger charge is 2.52. The average Bonchev–Trinajstić information content (AvgIpc) is 2.80. The van der Waals surface area contributed by atoms with E-state index in [0.29, 0.717) is 16.9 Å². The van der Waals surface area contributed by atoms with Gasteiger partial charge in [-0.1, -0.05) is 23.4 Å². The molecule has 2 aromatic rings. The Morgan fingerprint density at radius 1 is 1.00 bits per heavy atom. The third-order valence-corrected chi connectivity index (χ3v) is 7.87. The predicted molar refractivity (Wildman–Crippen MR) is 131 cm³/mol. The van der Waals surface area contributed by atoms with Gasteiger partial charge in [0, 0.05) is 17.2 Å². The van der Waals surface area contributed by atoms with Gasteiger partial charge in [-0.15, -0.1) is 0 Å². The maximum Gasteiger partial charge on any atom is 0.344 e. The first-order chi connectivity index (χ1) is 16.8. The van der Waals surface area contributed by atoms with E-state index in [9.17, 15) is 14.7 Å². The third-order valence-electron chi connectivity index (χ3n) is 7.87. The summed E-state index contributed by atoms with van der Waals surface area (Å²) in [7, 11) is 0. The Balaban J connectivity index is 1.52. The molecule has 4 fully saturated rings. The van der Waals surface area contributed by atoms with Crippen LogP contribution in [0.3, 0.4) is 0 Å². The summed E-state index contributed by atoms with van der Waals surface area (Å²) < 4.78 is 0. The lowest BCUT2D eigenvalue weighted by Crippen LogP contribution is -2.48. The second-order valence-corrected chi connectivity index (χ2v) is 10.3. The second-order valence-electron chi connectivity index (χ2n) is 10.3. The average molecular weight is 476 g/mol. The molecular formula is C28H29NO6. The van der Waals surface area contributed by atoms with Gasteiger partial charge in [-0.05, 0) is 103 Å². The molecule has 0 saturated heterocycles. The molecule has 7 heteroatoms. The van der Waals surface area contributed by atoms with Crippen LogP contribution in [-0.4, -0.2) is 40.1 Å². The largest absolute Gasteiger partial charge is 0.508 e. The molecule has 35 heavy (non-hydrogen) atoms. The fourth-order valence-corrected chi connectivity index (χ4v) is 6.98. The van der Waals surface area contributed by atoms with Gasteiger partial charge >= 0.3 is 11.9 Å². The fourth-order valence-electron chi connectivity index (χ4n) is 6.98. The minimum atomic E-state index is -1.13. The van der Waals surface area contributed by atoms with Crippen LogP contribution in [0.4, 0.5) is 0 Å². The number of carboxylic acid groups (broad SMARTS) is 2. The van der Waals surface area contributed by atoms with Gasteiger partial charge in [-0.25, -0.2) is 9.59 Å². The zero-order valence-corrected chi connectivity index (χ0v) is 19.4. The maximum absolute atomic E-state index is 10.9. The topological polar surface area (TPSA) is 116 Å². The van der Waals surface area contributed by atoms with Gasteiger partial charge in [0.25, 0.3) is 0 Å². The van der Waals surface area contributed by atoms with Gasteiger partial charge in [0.2, 0.25) is 6.61 Å². The number of phenols is 1. The molecule has 0 unspecified atom stereocenters. The normalized spacial score (nSPS) is 27.0. The molecule has 3 N–H and O–H groups in total. The minimum Gasteiger partial charge on any atom is -0.508 e. The summed E-state index contributed by atoms with van der Waals surface area (Å²) >= 11 is 0. The first-order valence-electron chi connectivity index (χ1n) is 12.1. The van der Waals surface area contributed by atoms with E-state index in [4.69, 9.17) is 15.1 Å². The van der Waals surface area contributed by atoms with Crippen molar-refractivity contribution in [1.82, 2.24) is 0 Å². The van der Waals surface area contributed by atoms with E-state index in [0.717, 1.165) is 59.8 Å². The Labute approximate surface area is 203 Å². The van der Waals surface area contributed by atoms with Crippen LogP contribution < -0.4 is 0 Å². The number of carboxylic acids is 2. The van der Waals surface area contributed by atoms with Gasteiger partial charge in [-0.3, -0.25) is 0 Å². The van der Waals surface area contributed by atoms with Gasteiger partial charge in [0.15, 0.2) is 0 Å². The molecular weight excluding hydrogens is 446 g/mol. The van der Waals surface area contributed by atoms with Crippen molar-refractivity contribution in [3.05, 3.63) is 59.2 Å². The number of aromatic hydroxyl groups is 1. The molecule has 4 bridgehead atoms. The van der Waals surface area contributed by atoms with E-state index in [1.54, 1.807) is 12.1 Å². The number of nitrogens with zero attached hydrogens (tertiary/aromatic N) is 1. The molecule has 0 atom stereocenters. The van der Waals surface area contributed by atoms with E-state index >= 15 is 0 Å². The van der Waals surface area contributed by atoms with Crippen molar-refractivity contribution in [3.8, 4) is 16.9 Å². The number of hydrogen-bond acceptors (Lipinski definition) is 5.